The largest absolute Gasteiger partial charge is 0.481 e. The minimum absolute atomic E-state index is 0.110. The number of amides is 1. The van der Waals surface area contributed by atoms with E-state index in [0.29, 0.717) is 6.42 Å². The van der Waals surface area contributed by atoms with Crippen LogP contribution in [0.5, 0.6) is 0 Å². The standard InChI is InChI=1S/C9H18N2O3/c1-4-9(3,8(13)14)5-11-7(12)6(2)10/h6H,4-5,10H2,1-3H3,(H,11,12)(H,13,14)/t6-,9?/m0/s1. The van der Waals surface area contributed by atoms with Crippen molar-refractivity contribution in [3.05, 3.63) is 0 Å². The zero-order valence-electron chi connectivity index (χ0n) is 8.83. The number of hydrogen-bond acceptors (Lipinski definition) is 3. The van der Waals surface area contributed by atoms with Gasteiger partial charge in [-0.1, -0.05) is 6.92 Å². The average molecular weight is 202 g/mol. The lowest BCUT2D eigenvalue weighted by molar-refractivity contribution is -0.148. The fourth-order valence-corrected chi connectivity index (χ4v) is 0.795. The van der Waals surface area contributed by atoms with Crippen LogP contribution in [0.2, 0.25) is 0 Å². The molecular formula is C9H18N2O3. The molecule has 0 saturated heterocycles. The molecule has 1 unspecified atom stereocenters. The number of carboxylic acid groups (broad SMARTS) is 1. The Morgan fingerprint density at radius 1 is 1.57 bits per heavy atom. The van der Waals surface area contributed by atoms with Crippen molar-refractivity contribution in [2.45, 2.75) is 33.2 Å². The minimum atomic E-state index is -0.912. The first-order chi connectivity index (χ1) is 6.33. The van der Waals surface area contributed by atoms with Crippen LogP contribution < -0.4 is 11.1 Å². The van der Waals surface area contributed by atoms with Crippen molar-refractivity contribution >= 4 is 11.9 Å². The highest BCUT2D eigenvalue weighted by molar-refractivity contribution is 5.82. The van der Waals surface area contributed by atoms with Gasteiger partial charge >= 0.3 is 5.97 Å². The molecule has 0 aromatic carbocycles. The van der Waals surface area contributed by atoms with Gasteiger partial charge in [-0.15, -0.1) is 0 Å². The molecule has 4 N–H and O–H groups in total. The van der Waals surface area contributed by atoms with E-state index in [2.05, 4.69) is 5.32 Å². The highest BCUT2D eigenvalue weighted by Gasteiger charge is 2.31. The Morgan fingerprint density at radius 2 is 2.07 bits per heavy atom. The second-order valence-electron chi connectivity index (χ2n) is 3.73. The summed E-state index contributed by atoms with van der Waals surface area (Å²) in [7, 11) is 0. The summed E-state index contributed by atoms with van der Waals surface area (Å²) in [6.07, 6.45) is 0.460. The first-order valence-electron chi connectivity index (χ1n) is 4.60. The van der Waals surface area contributed by atoms with Crippen molar-refractivity contribution in [1.29, 1.82) is 0 Å². The lowest BCUT2D eigenvalue weighted by Crippen LogP contribution is -2.45. The molecule has 0 fully saturated rings. The van der Waals surface area contributed by atoms with Crippen molar-refractivity contribution in [1.82, 2.24) is 5.32 Å². The Labute approximate surface area is 83.7 Å². The maximum Gasteiger partial charge on any atom is 0.311 e. The number of carbonyl (C=O) groups excluding carboxylic acids is 1. The van der Waals surface area contributed by atoms with Crippen LogP contribution in [-0.2, 0) is 9.59 Å². The molecule has 0 heterocycles. The fraction of sp³-hybridized carbons (Fsp3) is 0.778. The Bertz CT molecular complexity index is 228. The summed E-state index contributed by atoms with van der Waals surface area (Å²) >= 11 is 0. The zero-order chi connectivity index (χ0) is 11.4. The SMILES string of the molecule is CCC(C)(CNC(=O)[C@H](C)N)C(=O)O. The van der Waals surface area contributed by atoms with Crippen molar-refractivity contribution in [2.75, 3.05) is 6.54 Å². The number of carboxylic acids is 1. The third-order valence-corrected chi connectivity index (χ3v) is 2.36. The molecule has 82 valence electrons. The Hall–Kier alpha value is -1.10. The molecule has 0 spiro atoms. The van der Waals surface area contributed by atoms with Crippen LogP contribution in [0.15, 0.2) is 0 Å². The van der Waals surface area contributed by atoms with Crippen molar-refractivity contribution in [3.8, 4) is 0 Å². The summed E-state index contributed by atoms with van der Waals surface area (Å²) in [4.78, 5) is 22.0. The van der Waals surface area contributed by atoms with Crippen LogP contribution in [0.25, 0.3) is 0 Å². The normalized spacial score (nSPS) is 16.9. The van der Waals surface area contributed by atoms with Gasteiger partial charge in [-0.3, -0.25) is 9.59 Å². The maximum absolute atomic E-state index is 11.1. The van der Waals surface area contributed by atoms with Gasteiger partial charge < -0.3 is 16.2 Å². The van der Waals surface area contributed by atoms with Crippen LogP contribution in [0.3, 0.4) is 0 Å². The van der Waals surface area contributed by atoms with Crippen molar-refractivity contribution in [2.24, 2.45) is 11.1 Å². The molecule has 0 aliphatic heterocycles. The fourth-order valence-electron chi connectivity index (χ4n) is 0.795. The van der Waals surface area contributed by atoms with Crippen molar-refractivity contribution < 1.29 is 14.7 Å². The number of nitrogens with two attached hydrogens (primary N) is 1. The average Bonchev–Trinajstić information content (AvgIpc) is 2.12. The van der Waals surface area contributed by atoms with E-state index in [-0.39, 0.29) is 12.5 Å². The summed E-state index contributed by atoms with van der Waals surface area (Å²) in [6.45, 7) is 5.03. The van der Waals surface area contributed by atoms with Gasteiger partial charge in [0, 0.05) is 6.54 Å². The van der Waals surface area contributed by atoms with Gasteiger partial charge in [0.25, 0.3) is 0 Å². The van der Waals surface area contributed by atoms with Crippen LogP contribution in [0, 0.1) is 5.41 Å². The lowest BCUT2D eigenvalue weighted by Gasteiger charge is -2.23. The van der Waals surface area contributed by atoms with E-state index in [9.17, 15) is 9.59 Å². The molecule has 1 amide bonds. The van der Waals surface area contributed by atoms with Crippen LogP contribution >= 0.6 is 0 Å². The Morgan fingerprint density at radius 3 is 2.36 bits per heavy atom. The van der Waals surface area contributed by atoms with E-state index in [0.717, 1.165) is 0 Å². The molecule has 2 atom stereocenters. The molecule has 5 heteroatoms. The topological polar surface area (TPSA) is 92.4 Å². The number of nitrogens with one attached hydrogen (secondary N) is 1. The molecule has 14 heavy (non-hydrogen) atoms. The Kier molecular flexibility index (Phi) is 4.56. The van der Waals surface area contributed by atoms with E-state index in [4.69, 9.17) is 10.8 Å². The summed E-state index contributed by atoms with van der Waals surface area (Å²) in [5.41, 5.74) is 4.41. The molecular weight excluding hydrogens is 184 g/mol. The van der Waals surface area contributed by atoms with Gasteiger partial charge in [-0.2, -0.15) is 0 Å². The second-order valence-corrected chi connectivity index (χ2v) is 3.73. The molecule has 0 aromatic heterocycles. The summed E-state index contributed by atoms with van der Waals surface area (Å²) in [5.74, 6) is -1.24. The van der Waals surface area contributed by atoms with Gasteiger partial charge in [-0.05, 0) is 20.3 Å². The maximum atomic E-state index is 11.1. The summed E-state index contributed by atoms with van der Waals surface area (Å²) in [5, 5.41) is 11.4. The molecule has 0 aliphatic rings. The number of carbonyl (C=O) groups is 2. The van der Waals surface area contributed by atoms with E-state index < -0.39 is 17.4 Å². The van der Waals surface area contributed by atoms with Crippen LogP contribution in [-0.4, -0.2) is 29.6 Å². The first kappa shape index (κ1) is 12.9. The van der Waals surface area contributed by atoms with E-state index in [1.165, 1.54) is 0 Å². The number of hydrogen-bond donors (Lipinski definition) is 3. The van der Waals surface area contributed by atoms with Crippen LogP contribution in [0.4, 0.5) is 0 Å². The summed E-state index contributed by atoms with van der Waals surface area (Å²) < 4.78 is 0. The molecule has 0 bridgehead atoms. The van der Waals surface area contributed by atoms with Gasteiger partial charge in [0.15, 0.2) is 0 Å². The minimum Gasteiger partial charge on any atom is -0.481 e. The van der Waals surface area contributed by atoms with Gasteiger partial charge in [0.2, 0.25) is 5.91 Å². The lowest BCUT2D eigenvalue weighted by atomic mass is 9.87. The van der Waals surface area contributed by atoms with E-state index in [1.54, 1.807) is 20.8 Å². The number of rotatable bonds is 5. The molecule has 0 rings (SSSR count). The predicted molar refractivity (Wildman–Crippen MR) is 52.7 cm³/mol. The highest BCUT2D eigenvalue weighted by atomic mass is 16.4. The molecule has 0 saturated carbocycles. The first-order valence-corrected chi connectivity index (χ1v) is 4.60. The Balaban J connectivity index is 4.22. The van der Waals surface area contributed by atoms with Gasteiger partial charge in [-0.25, -0.2) is 0 Å². The van der Waals surface area contributed by atoms with Gasteiger partial charge in [0.1, 0.15) is 0 Å². The quantitative estimate of drug-likeness (QED) is 0.582. The molecule has 0 aromatic rings. The zero-order valence-corrected chi connectivity index (χ0v) is 8.83. The monoisotopic (exact) mass is 202 g/mol. The predicted octanol–water partition coefficient (Wildman–Crippen LogP) is -0.0493. The second kappa shape index (κ2) is 4.95. The smallest absolute Gasteiger partial charge is 0.311 e. The molecule has 0 aliphatic carbocycles. The van der Waals surface area contributed by atoms with Crippen molar-refractivity contribution in [3.63, 3.8) is 0 Å². The summed E-state index contributed by atoms with van der Waals surface area (Å²) in [6, 6.07) is -0.607. The third-order valence-electron chi connectivity index (χ3n) is 2.36. The van der Waals surface area contributed by atoms with E-state index in [1.807, 2.05) is 0 Å². The van der Waals surface area contributed by atoms with Gasteiger partial charge in [0.05, 0.1) is 11.5 Å². The third kappa shape index (κ3) is 3.33. The van der Waals surface area contributed by atoms with Crippen LogP contribution in [0.1, 0.15) is 27.2 Å². The molecule has 0 radical (unpaired) electrons. The number of aliphatic carboxylic acids is 1. The highest BCUT2D eigenvalue weighted by Crippen LogP contribution is 2.19. The van der Waals surface area contributed by atoms with E-state index >= 15 is 0 Å². The molecule has 5 nitrogen and oxygen atoms in total.